The summed E-state index contributed by atoms with van der Waals surface area (Å²) in [5.74, 6) is 0.139. The molecule has 1 rings (SSSR count). The molecule has 1 N–H and O–H groups in total. The van der Waals surface area contributed by atoms with Crippen molar-refractivity contribution < 1.29 is 8.42 Å². The number of thiazole rings is 1. The van der Waals surface area contributed by atoms with Gasteiger partial charge in [0.05, 0.1) is 15.7 Å². The van der Waals surface area contributed by atoms with Crippen LogP contribution in [0.25, 0.3) is 0 Å². The molecule has 15 heavy (non-hydrogen) atoms. The van der Waals surface area contributed by atoms with Crippen LogP contribution in [0, 0.1) is 6.92 Å². The highest BCUT2D eigenvalue weighted by molar-refractivity contribution is 8.00. The average molecular weight is 266 g/mol. The second-order valence-electron chi connectivity index (χ2n) is 3.02. The Hall–Kier alpha value is -0.270. The largest absolute Gasteiger partial charge is 0.259 e. The number of sulfonamides is 1. The minimum atomic E-state index is -3.21. The molecular formula is C8H14N2O2S3. The smallest absolute Gasteiger partial charge is 0.234 e. The Bertz CT molecular complexity index is 425. The number of nitrogens with one attached hydrogen (secondary N) is 1. The van der Waals surface area contributed by atoms with E-state index < -0.39 is 10.0 Å². The maximum Gasteiger partial charge on any atom is 0.234 e. The van der Waals surface area contributed by atoms with E-state index in [0.29, 0.717) is 11.6 Å². The van der Waals surface area contributed by atoms with Gasteiger partial charge < -0.3 is 0 Å². The van der Waals surface area contributed by atoms with Crippen LogP contribution in [-0.2, 0) is 10.0 Å². The highest BCUT2D eigenvalue weighted by Crippen LogP contribution is 2.30. The lowest BCUT2D eigenvalue weighted by Crippen LogP contribution is -2.15. The SMILES string of the molecule is CCCS(=O)(=O)Nc1nc(C)c(SC)s1. The molecule has 0 amide bonds. The molecule has 1 aromatic rings. The molecule has 0 fully saturated rings. The maximum atomic E-state index is 11.5. The second-order valence-corrected chi connectivity index (χ2v) is 6.93. The summed E-state index contributed by atoms with van der Waals surface area (Å²) >= 11 is 2.95. The number of hydrogen-bond donors (Lipinski definition) is 1. The van der Waals surface area contributed by atoms with Gasteiger partial charge in [0, 0.05) is 0 Å². The minimum absolute atomic E-state index is 0.139. The summed E-state index contributed by atoms with van der Waals surface area (Å²) in [6, 6.07) is 0. The maximum absolute atomic E-state index is 11.5. The quantitative estimate of drug-likeness (QED) is 0.831. The van der Waals surface area contributed by atoms with Crippen molar-refractivity contribution in [3.05, 3.63) is 5.69 Å². The monoisotopic (exact) mass is 266 g/mol. The van der Waals surface area contributed by atoms with E-state index in [4.69, 9.17) is 0 Å². The van der Waals surface area contributed by atoms with E-state index in [0.717, 1.165) is 9.90 Å². The molecule has 86 valence electrons. The van der Waals surface area contributed by atoms with Crippen molar-refractivity contribution in [3.63, 3.8) is 0 Å². The van der Waals surface area contributed by atoms with Crippen LogP contribution >= 0.6 is 23.1 Å². The molecule has 0 aliphatic rings. The first kappa shape index (κ1) is 12.8. The van der Waals surface area contributed by atoms with Gasteiger partial charge in [0.25, 0.3) is 0 Å². The first-order valence-electron chi connectivity index (χ1n) is 4.50. The van der Waals surface area contributed by atoms with E-state index in [1.807, 2.05) is 20.1 Å². The molecule has 0 saturated carbocycles. The fourth-order valence-corrected chi connectivity index (χ4v) is 4.03. The fourth-order valence-electron chi connectivity index (χ4n) is 1.07. The van der Waals surface area contributed by atoms with Gasteiger partial charge in [-0.2, -0.15) is 0 Å². The van der Waals surface area contributed by atoms with Crippen LogP contribution in [0.2, 0.25) is 0 Å². The molecule has 0 bridgehead atoms. The summed E-state index contributed by atoms with van der Waals surface area (Å²) in [4.78, 5) is 4.16. The average Bonchev–Trinajstić information content (AvgIpc) is 2.44. The number of anilines is 1. The zero-order valence-corrected chi connectivity index (χ0v) is 11.4. The molecule has 7 heteroatoms. The molecular weight excluding hydrogens is 252 g/mol. The number of aryl methyl sites for hydroxylation is 1. The number of nitrogens with zero attached hydrogens (tertiary/aromatic N) is 1. The van der Waals surface area contributed by atoms with Crippen LogP contribution in [0.4, 0.5) is 5.13 Å². The Morgan fingerprint density at radius 3 is 2.67 bits per heavy atom. The van der Waals surface area contributed by atoms with Crippen LogP contribution in [-0.4, -0.2) is 25.4 Å². The molecule has 0 atom stereocenters. The summed E-state index contributed by atoms with van der Waals surface area (Å²) in [6.07, 6.45) is 2.56. The van der Waals surface area contributed by atoms with Crippen molar-refractivity contribution in [1.29, 1.82) is 0 Å². The predicted molar refractivity (Wildman–Crippen MR) is 66.3 cm³/mol. The Labute approximate surface area is 98.5 Å². The van der Waals surface area contributed by atoms with E-state index in [1.165, 1.54) is 11.3 Å². The van der Waals surface area contributed by atoms with E-state index in [2.05, 4.69) is 9.71 Å². The summed E-state index contributed by atoms with van der Waals surface area (Å²) in [7, 11) is -3.21. The van der Waals surface area contributed by atoms with Crippen molar-refractivity contribution >= 4 is 38.3 Å². The Kier molecular flexibility index (Phi) is 4.42. The van der Waals surface area contributed by atoms with Gasteiger partial charge in [-0.3, -0.25) is 4.72 Å². The van der Waals surface area contributed by atoms with Crippen LogP contribution < -0.4 is 4.72 Å². The van der Waals surface area contributed by atoms with Gasteiger partial charge in [0.2, 0.25) is 10.0 Å². The third-order valence-corrected chi connectivity index (χ3v) is 5.52. The lowest BCUT2D eigenvalue weighted by atomic mass is 10.6. The molecule has 0 saturated heterocycles. The summed E-state index contributed by atoms with van der Waals surface area (Å²) in [5.41, 5.74) is 0.877. The number of aromatic nitrogens is 1. The Balaban J connectivity index is 2.81. The second kappa shape index (κ2) is 5.18. The lowest BCUT2D eigenvalue weighted by Gasteiger charge is -2.01. The van der Waals surface area contributed by atoms with Crippen molar-refractivity contribution in [1.82, 2.24) is 4.98 Å². The van der Waals surface area contributed by atoms with Gasteiger partial charge >= 0.3 is 0 Å². The molecule has 4 nitrogen and oxygen atoms in total. The summed E-state index contributed by atoms with van der Waals surface area (Å²) in [6.45, 7) is 3.71. The van der Waals surface area contributed by atoms with Crippen LogP contribution in [0.1, 0.15) is 19.0 Å². The van der Waals surface area contributed by atoms with E-state index >= 15 is 0 Å². The van der Waals surface area contributed by atoms with E-state index in [-0.39, 0.29) is 5.75 Å². The van der Waals surface area contributed by atoms with Gasteiger partial charge in [0.1, 0.15) is 0 Å². The molecule has 0 aliphatic carbocycles. The van der Waals surface area contributed by atoms with Crippen LogP contribution in [0.5, 0.6) is 0 Å². The van der Waals surface area contributed by atoms with Crippen LogP contribution in [0.15, 0.2) is 4.21 Å². The molecule has 0 radical (unpaired) electrons. The van der Waals surface area contributed by atoms with E-state index in [9.17, 15) is 8.42 Å². The van der Waals surface area contributed by atoms with Gasteiger partial charge in [-0.25, -0.2) is 13.4 Å². The summed E-state index contributed by atoms with van der Waals surface area (Å²) in [5, 5.41) is 0.463. The van der Waals surface area contributed by atoms with Gasteiger partial charge in [0.15, 0.2) is 5.13 Å². The standard InChI is InChI=1S/C8H14N2O2S3/c1-4-5-15(11,12)10-8-9-6(2)7(13-3)14-8/h4-5H2,1-3H3,(H,9,10). The van der Waals surface area contributed by atoms with Gasteiger partial charge in [-0.05, 0) is 19.6 Å². The molecule has 0 aliphatic heterocycles. The Morgan fingerprint density at radius 1 is 1.53 bits per heavy atom. The minimum Gasteiger partial charge on any atom is -0.259 e. The van der Waals surface area contributed by atoms with E-state index in [1.54, 1.807) is 11.8 Å². The van der Waals surface area contributed by atoms with Crippen molar-refractivity contribution in [3.8, 4) is 0 Å². The van der Waals surface area contributed by atoms with Crippen molar-refractivity contribution in [2.24, 2.45) is 0 Å². The zero-order chi connectivity index (χ0) is 11.5. The van der Waals surface area contributed by atoms with Crippen molar-refractivity contribution in [2.75, 3.05) is 16.7 Å². The Morgan fingerprint density at radius 2 is 2.20 bits per heavy atom. The fraction of sp³-hybridized carbons (Fsp3) is 0.625. The predicted octanol–water partition coefficient (Wildman–Crippen LogP) is 2.33. The van der Waals surface area contributed by atoms with Gasteiger partial charge in [-0.1, -0.05) is 18.3 Å². The zero-order valence-electron chi connectivity index (χ0n) is 8.90. The molecule has 0 aromatic carbocycles. The number of rotatable bonds is 5. The number of hydrogen-bond acceptors (Lipinski definition) is 5. The third kappa shape index (κ3) is 3.66. The normalized spacial score (nSPS) is 11.7. The number of thioether (sulfide) groups is 1. The van der Waals surface area contributed by atoms with Gasteiger partial charge in [-0.15, -0.1) is 11.8 Å². The highest BCUT2D eigenvalue weighted by Gasteiger charge is 2.13. The van der Waals surface area contributed by atoms with Crippen LogP contribution in [0.3, 0.4) is 0 Å². The lowest BCUT2D eigenvalue weighted by molar-refractivity contribution is 0.600. The third-order valence-electron chi connectivity index (χ3n) is 1.66. The molecule has 0 spiro atoms. The topological polar surface area (TPSA) is 59.1 Å². The van der Waals surface area contributed by atoms with Crippen molar-refractivity contribution in [2.45, 2.75) is 24.5 Å². The molecule has 1 heterocycles. The first-order chi connectivity index (χ1) is 6.98. The molecule has 0 unspecified atom stereocenters. The molecule has 1 aromatic heterocycles. The summed E-state index contributed by atoms with van der Waals surface area (Å²) < 4.78 is 26.4. The first-order valence-corrected chi connectivity index (χ1v) is 8.19. The highest BCUT2D eigenvalue weighted by atomic mass is 32.2.